The lowest BCUT2D eigenvalue weighted by molar-refractivity contribution is 0.0696. The van der Waals surface area contributed by atoms with E-state index in [0.29, 0.717) is 5.56 Å². The lowest BCUT2D eigenvalue weighted by Gasteiger charge is -2.08. The fourth-order valence-electron chi connectivity index (χ4n) is 2.83. The molecule has 0 radical (unpaired) electrons. The molecule has 0 spiro atoms. The average molecular weight is 367 g/mol. The van der Waals surface area contributed by atoms with E-state index in [2.05, 4.69) is 10.3 Å². The number of anilines is 1. The monoisotopic (exact) mass is 367 g/mol. The molecule has 0 fully saturated rings. The summed E-state index contributed by atoms with van der Waals surface area (Å²) in [5, 5.41) is 20.8. The molecule has 0 aliphatic heterocycles. The van der Waals surface area contributed by atoms with Crippen LogP contribution in [0.3, 0.4) is 0 Å². The fourth-order valence-corrected chi connectivity index (χ4v) is 2.83. The molecule has 0 unspecified atom stereocenters. The van der Waals surface area contributed by atoms with E-state index < -0.39 is 17.8 Å². The highest BCUT2D eigenvalue weighted by Gasteiger charge is 2.15. The number of pyridine rings is 1. The summed E-state index contributed by atoms with van der Waals surface area (Å²) >= 11 is 0. The number of nitrogens with zero attached hydrogens (tertiary/aromatic N) is 2. The van der Waals surface area contributed by atoms with Crippen LogP contribution in [-0.4, -0.2) is 37.4 Å². The number of aryl methyl sites for hydroxylation is 2. The lowest BCUT2D eigenvalue weighted by atomic mass is 10.1. The number of carbonyl (C=O) groups is 3. The second-order valence-corrected chi connectivity index (χ2v) is 6.01. The Labute approximate surface area is 154 Å². The number of hydrogen-bond acceptors (Lipinski definition) is 4. The smallest absolute Gasteiger partial charge is 0.335 e. The second kappa shape index (κ2) is 6.91. The van der Waals surface area contributed by atoms with Crippen molar-refractivity contribution in [3.8, 4) is 0 Å². The molecule has 1 aromatic carbocycles. The standard InChI is InChI=1S/C19H17N3O5/c1-3-15-10(2)22-9-11(4-5-16(22)21-15)17(23)20-14-7-12(18(24)25)6-13(8-14)19(26)27/h4-9H,3H2,1-2H3,(H,20,23)(H,24,25)(H,26,27). The molecule has 0 aliphatic carbocycles. The summed E-state index contributed by atoms with van der Waals surface area (Å²) in [6.45, 7) is 3.91. The molecule has 8 heteroatoms. The third kappa shape index (κ3) is 3.50. The Morgan fingerprint density at radius 1 is 1.04 bits per heavy atom. The van der Waals surface area contributed by atoms with Crippen molar-refractivity contribution in [2.45, 2.75) is 20.3 Å². The van der Waals surface area contributed by atoms with E-state index in [9.17, 15) is 14.4 Å². The molecular weight excluding hydrogens is 350 g/mol. The number of amides is 1. The molecule has 0 bridgehead atoms. The van der Waals surface area contributed by atoms with Crippen LogP contribution in [0, 0.1) is 6.92 Å². The summed E-state index contributed by atoms with van der Waals surface area (Å²) in [6.07, 6.45) is 2.42. The van der Waals surface area contributed by atoms with Crippen molar-refractivity contribution in [1.82, 2.24) is 9.38 Å². The van der Waals surface area contributed by atoms with E-state index in [-0.39, 0.29) is 16.8 Å². The molecule has 3 rings (SSSR count). The summed E-state index contributed by atoms with van der Waals surface area (Å²) in [5.41, 5.74) is 2.58. The Morgan fingerprint density at radius 2 is 1.67 bits per heavy atom. The van der Waals surface area contributed by atoms with Gasteiger partial charge in [-0.1, -0.05) is 6.92 Å². The van der Waals surface area contributed by atoms with Gasteiger partial charge in [0.05, 0.1) is 22.4 Å². The van der Waals surface area contributed by atoms with Gasteiger partial charge in [-0.2, -0.15) is 0 Å². The summed E-state index contributed by atoms with van der Waals surface area (Å²) in [6, 6.07) is 6.78. The Balaban J connectivity index is 1.95. The van der Waals surface area contributed by atoms with Crippen LogP contribution in [0.5, 0.6) is 0 Å². The number of fused-ring (bicyclic) bond motifs is 1. The van der Waals surface area contributed by atoms with Gasteiger partial charge in [0.25, 0.3) is 5.91 Å². The number of carboxylic acid groups (broad SMARTS) is 2. The first-order valence-corrected chi connectivity index (χ1v) is 8.20. The first-order valence-electron chi connectivity index (χ1n) is 8.20. The minimum atomic E-state index is -1.28. The summed E-state index contributed by atoms with van der Waals surface area (Å²) in [5.74, 6) is -3.05. The number of hydrogen-bond donors (Lipinski definition) is 3. The summed E-state index contributed by atoms with van der Waals surface area (Å²) in [4.78, 5) is 39.4. The van der Waals surface area contributed by atoms with Gasteiger partial charge in [0.1, 0.15) is 5.65 Å². The van der Waals surface area contributed by atoms with Crippen LogP contribution in [-0.2, 0) is 6.42 Å². The maximum absolute atomic E-state index is 12.6. The molecule has 0 aliphatic rings. The largest absolute Gasteiger partial charge is 0.478 e. The first-order chi connectivity index (χ1) is 12.8. The molecular formula is C19H17N3O5. The molecule has 3 N–H and O–H groups in total. The van der Waals surface area contributed by atoms with Crippen molar-refractivity contribution < 1.29 is 24.6 Å². The van der Waals surface area contributed by atoms with Gasteiger partial charge in [-0.05, 0) is 43.7 Å². The van der Waals surface area contributed by atoms with Crippen molar-refractivity contribution >= 4 is 29.2 Å². The number of benzene rings is 1. The van der Waals surface area contributed by atoms with Crippen LogP contribution >= 0.6 is 0 Å². The van der Waals surface area contributed by atoms with Gasteiger partial charge in [-0.3, -0.25) is 4.79 Å². The Bertz CT molecular complexity index is 1050. The molecule has 3 aromatic rings. The summed E-state index contributed by atoms with van der Waals surface area (Å²) in [7, 11) is 0. The van der Waals surface area contributed by atoms with E-state index in [4.69, 9.17) is 10.2 Å². The Hall–Kier alpha value is -3.68. The van der Waals surface area contributed by atoms with Crippen molar-refractivity contribution in [2.75, 3.05) is 5.32 Å². The van der Waals surface area contributed by atoms with Gasteiger partial charge >= 0.3 is 11.9 Å². The van der Waals surface area contributed by atoms with Crippen LogP contribution in [0.1, 0.15) is 49.4 Å². The molecule has 0 saturated heterocycles. The maximum Gasteiger partial charge on any atom is 0.335 e. The second-order valence-electron chi connectivity index (χ2n) is 6.01. The lowest BCUT2D eigenvalue weighted by Crippen LogP contribution is -2.14. The van der Waals surface area contributed by atoms with Gasteiger partial charge in [-0.15, -0.1) is 0 Å². The number of aromatic nitrogens is 2. The van der Waals surface area contributed by atoms with E-state index in [1.807, 2.05) is 18.2 Å². The average Bonchev–Trinajstić information content (AvgIpc) is 2.96. The van der Waals surface area contributed by atoms with Gasteiger partial charge in [0.15, 0.2) is 0 Å². The minimum Gasteiger partial charge on any atom is -0.478 e. The highest BCUT2D eigenvalue weighted by Crippen LogP contribution is 2.18. The highest BCUT2D eigenvalue weighted by atomic mass is 16.4. The fraction of sp³-hybridized carbons (Fsp3) is 0.158. The van der Waals surface area contributed by atoms with E-state index in [0.717, 1.165) is 29.5 Å². The van der Waals surface area contributed by atoms with Gasteiger partial charge in [-0.25, -0.2) is 14.6 Å². The SMILES string of the molecule is CCc1nc2ccc(C(=O)Nc3cc(C(=O)O)cc(C(=O)O)c3)cn2c1C. The molecule has 0 atom stereocenters. The van der Waals surface area contributed by atoms with Gasteiger partial charge < -0.3 is 19.9 Å². The Morgan fingerprint density at radius 3 is 2.22 bits per heavy atom. The van der Waals surface area contributed by atoms with Gasteiger partial charge in [0.2, 0.25) is 0 Å². The van der Waals surface area contributed by atoms with E-state index in [1.165, 1.54) is 12.1 Å². The predicted molar refractivity (Wildman–Crippen MR) is 97.6 cm³/mol. The zero-order valence-electron chi connectivity index (χ0n) is 14.7. The number of rotatable bonds is 5. The third-order valence-electron chi connectivity index (χ3n) is 4.24. The maximum atomic E-state index is 12.6. The highest BCUT2D eigenvalue weighted by molar-refractivity contribution is 6.05. The number of carboxylic acids is 2. The van der Waals surface area contributed by atoms with Crippen molar-refractivity contribution in [1.29, 1.82) is 0 Å². The van der Waals surface area contributed by atoms with Crippen LogP contribution in [0.25, 0.3) is 5.65 Å². The number of aromatic carboxylic acids is 2. The Kier molecular flexibility index (Phi) is 4.64. The number of imidazole rings is 1. The number of nitrogens with one attached hydrogen (secondary N) is 1. The molecule has 8 nitrogen and oxygen atoms in total. The molecule has 0 saturated carbocycles. The van der Waals surface area contributed by atoms with Crippen molar-refractivity contribution in [2.24, 2.45) is 0 Å². The molecule has 2 heterocycles. The molecule has 27 heavy (non-hydrogen) atoms. The topological polar surface area (TPSA) is 121 Å². The molecule has 1 amide bonds. The first kappa shape index (κ1) is 18.1. The third-order valence-corrected chi connectivity index (χ3v) is 4.24. The van der Waals surface area contributed by atoms with E-state index >= 15 is 0 Å². The summed E-state index contributed by atoms with van der Waals surface area (Å²) < 4.78 is 1.81. The minimum absolute atomic E-state index is 0.0917. The predicted octanol–water partition coefficient (Wildman–Crippen LogP) is 2.85. The van der Waals surface area contributed by atoms with Crippen molar-refractivity contribution in [3.63, 3.8) is 0 Å². The van der Waals surface area contributed by atoms with Crippen LogP contribution < -0.4 is 5.32 Å². The van der Waals surface area contributed by atoms with E-state index in [1.54, 1.807) is 18.3 Å². The van der Waals surface area contributed by atoms with Crippen molar-refractivity contribution in [3.05, 3.63) is 64.6 Å². The van der Waals surface area contributed by atoms with Crippen LogP contribution in [0.2, 0.25) is 0 Å². The molecule has 2 aromatic heterocycles. The zero-order chi connectivity index (χ0) is 19.7. The quantitative estimate of drug-likeness (QED) is 0.637. The molecule has 138 valence electrons. The van der Waals surface area contributed by atoms with Crippen LogP contribution in [0.4, 0.5) is 5.69 Å². The number of carbonyl (C=O) groups excluding carboxylic acids is 1. The van der Waals surface area contributed by atoms with Gasteiger partial charge in [0, 0.05) is 17.6 Å². The zero-order valence-corrected chi connectivity index (χ0v) is 14.7. The van der Waals surface area contributed by atoms with Crippen LogP contribution in [0.15, 0.2) is 36.5 Å². The normalized spacial score (nSPS) is 10.7.